The molecule has 0 amide bonds. The van der Waals surface area contributed by atoms with Crippen LogP contribution in [0.4, 0.5) is 11.4 Å². The molecule has 4 aromatic carbocycles. The summed E-state index contributed by atoms with van der Waals surface area (Å²) in [5, 5.41) is 0. The zero-order valence-corrected chi connectivity index (χ0v) is 18.4. The van der Waals surface area contributed by atoms with Gasteiger partial charge in [0.05, 0.1) is 6.67 Å². The molecule has 2 heteroatoms. The molecule has 0 N–H and O–H groups in total. The van der Waals surface area contributed by atoms with Crippen LogP contribution in [0.3, 0.4) is 0 Å². The van der Waals surface area contributed by atoms with Crippen molar-refractivity contribution >= 4 is 11.4 Å². The highest BCUT2D eigenvalue weighted by Crippen LogP contribution is 2.34. The Bertz CT molecular complexity index is 1000. The van der Waals surface area contributed by atoms with Crippen molar-refractivity contribution < 1.29 is 0 Å². The van der Waals surface area contributed by atoms with Crippen LogP contribution < -0.4 is 9.80 Å². The number of hydrogen-bond acceptors (Lipinski definition) is 2. The lowest BCUT2D eigenvalue weighted by atomic mass is 10.0. The summed E-state index contributed by atoms with van der Waals surface area (Å²) >= 11 is 0. The van der Waals surface area contributed by atoms with Crippen molar-refractivity contribution in [2.75, 3.05) is 29.6 Å². The molecule has 0 spiro atoms. The van der Waals surface area contributed by atoms with Gasteiger partial charge in [-0.1, -0.05) is 97.1 Å². The molecule has 0 heterocycles. The first-order chi connectivity index (χ1) is 15.3. The van der Waals surface area contributed by atoms with E-state index in [1.54, 1.807) is 0 Å². The van der Waals surface area contributed by atoms with Crippen LogP contribution in [-0.2, 0) is 0 Å². The van der Waals surface area contributed by atoms with Gasteiger partial charge in [-0.2, -0.15) is 0 Å². The maximum absolute atomic E-state index is 2.47. The highest BCUT2D eigenvalue weighted by atomic mass is 15.3. The molecule has 0 saturated heterocycles. The van der Waals surface area contributed by atoms with Crippen molar-refractivity contribution in [2.45, 2.75) is 13.8 Å². The molecule has 0 aliphatic rings. The Morgan fingerprint density at radius 2 is 0.806 bits per heavy atom. The summed E-state index contributed by atoms with van der Waals surface area (Å²) in [5.41, 5.74) is 7.60. The molecule has 0 bridgehead atoms. The summed E-state index contributed by atoms with van der Waals surface area (Å²) in [6, 6.07) is 38.8. The minimum Gasteiger partial charge on any atom is -0.354 e. The Kier molecular flexibility index (Phi) is 6.68. The van der Waals surface area contributed by atoms with Gasteiger partial charge in [0, 0.05) is 35.6 Å². The SMILES string of the molecule is CCN(CN(CC)c1ccccc1-c1ccccc1)c1ccccc1-c1ccccc1. The number of para-hydroxylation sites is 2. The molecule has 0 radical (unpaired) electrons. The second-order valence-electron chi connectivity index (χ2n) is 7.62. The zero-order chi connectivity index (χ0) is 21.5. The number of anilines is 2. The third kappa shape index (κ3) is 4.64. The number of rotatable bonds is 8. The molecule has 31 heavy (non-hydrogen) atoms. The van der Waals surface area contributed by atoms with Crippen molar-refractivity contribution in [1.82, 2.24) is 0 Å². The van der Waals surface area contributed by atoms with E-state index in [0.717, 1.165) is 19.8 Å². The van der Waals surface area contributed by atoms with E-state index in [2.05, 4.69) is 133 Å². The Hall–Kier alpha value is -3.52. The summed E-state index contributed by atoms with van der Waals surface area (Å²) in [4.78, 5) is 4.93. The fourth-order valence-corrected chi connectivity index (χ4v) is 4.12. The summed E-state index contributed by atoms with van der Waals surface area (Å²) < 4.78 is 0. The first kappa shape index (κ1) is 20.7. The third-order valence-electron chi connectivity index (χ3n) is 5.76. The molecule has 0 aliphatic carbocycles. The van der Waals surface area contributed by atoms with Gasteiger partial charge in [0.2, 0.25) is 0 Å². The molecule has 0 atom stereocenters. The van der Waals surface area contributed by atoms with Crippen molar-refractivity contribution in [3.05, 3.63) is 109 Å². The van der Waals surface area contributed by atoms with Gasteiger partial charge >= 0.3 is 0 Å². The second-order valence-corrected chi connectivity index (χ2v) is 7.62. The van der Waals surface area contributed by atoms with E-state index in [9.17, 15) is 0 Å². The molecule has 156 valence electrons. The molecule has 4 aromatic rings. The van der Waals surface area contributed by atoms with Gasteiger partial charge < -0.3 is 9.80 Å². The van der Waals surface area contributed by atoms with Gasteiger partial charge in [-0.05, 0) is 37.1 Å². The van der Waals surface area contributed by atoms with E-state index >= 15 is 0 Å². The van der Waals surface area contributed by atoms with E-state index in [1.165, 1.54) is 33.6 Å². The summed E-state index contributed by atoms with van der Waals surface area (Å²) in [6.45, 7) is 7.18. The summed E-state index contributed by atoms with van der Waals surface area (Å²) in [7, 11) is 0. The standard InChI is InChI=1S/C29H30N2/c1-3-30(28-21-13-11-19-26(28)24-15-7-5-8-16-24)23-31(4-2)29-22-14-12-20-27(29)25-17-9-6-10-18-25/h5-22H,3-4,23H2,1-2H3. The number of nitrogens with zero attached hydrogens (tertiary/aromatic N) is 2. The monoisotopic (exact) mass is 406 g/mol. The Labute approximate surface area is 186 Å². The predicted molar refractivity (Wildman–Crippen MR) is 135 cm³/mol. The summed E-state index contributed by atoms with van der Waals surface area (Å²) in [6.07, 6.45) is 0. The van der Waals surface area contributed by atoms with E-state index in [0.29, 0.717) is 0 Å². The first-order valence-corrected chi connectivity index (χ1v) is 11.1. The lowest BCUT2D eigenvalue weighted by Crippen LogP contribution is -2.38. The maximum Gasteiger partial charge on any atom is 0.0902 e. The van der Waals surface area contributed by atoms with Crippen LogP contribution in [0.5, 0.6) is 0 Å². The van der Waals surface area contributed by atoms with Crippen molar-refractivity contribution in [3.63, 3.8) is 0 Å². The average Bonchev–Trinajstić information content (AvgIpc) is 2.86. The van der Waals surface area contributed by atoms with Gasteiger partial charge in [0.15, 0.2) is 0 Å². The van der Waals surface area contributed by atoms with Gasteiger partial charge in [-0.3, -0.25) is 0 Å². The average molecular weight is 407 g/mol. The highest BCUT2D eigenvalue weighted by molar-refractivity contribution is 5.81. The Balaban J connectivity index is 1.69. The van der Waals surface area contributed by atoms with Gasteiger partial charge in [-0.25, -0.2) is 0 Å². The lowest BCUT2D eigenvalue weighted by Gasteiger charge is -2.34. The highest BCUT2D eigenvalue weighted by Gasteiger charge is 2.16. The molecule has 0 aromatic heterocycles. The minimum absolute atomic E-state index is 0.834. The first-order valence-electron chi connectivity index (χ1n) is 11.1. The maximum atomic E-state index is 2.47. The molecular weight excluding hydrogens is 376 g/mol. The predicted octanol–water partition coefficient (Wildman–Crippen LogP) is 7.33. The van der Waals surface area contributed by atoms with Crippen molar-refractivity contribution in [2.24, 2.45) is 0 Å². The van der Waals surface area contributed by atoms with Gasteiger partial charge in [0.1, 0.15) is 0 Å². The largest absolute Gasteiger partial charge is 0.354 e. The van der Waals surface area contributed by atoms with Crippen LogP contribution in [0.15, 0.2) is 109 Å². The van der Waals surface area contributed by atoms with Crippen molar-refractivity contribution in [1.29, 1.82) is 0 Å². The quantitative estimate of drug-likeness (QED) is 0.283. The minimum atomic E-state index is 0.834. The van der Waals surface area contributed by atoms with Crippen LogP contribution in [0.2, 0.25) is 0 Å². The van der Waals surface area contributed by atoms with E-state index in [1.807, 2.05) is 0 Å². The normalized spacial score (nSPS) is 10.6. The fourth-order valence-electron chi connectivity index (χ4n) is 4.12. The molecule has 0 unspecified atom stereocenters. The molecule has 0 fully saturated rings. The van der Waals surface area contributed by atoms with E-state index < -0.39 is 0 Å². The van der Waals surface area contributed by atoms with Gasteiger partial charge in [0.25, 0.3) is 0 Å². The fraction of sp³-hybridized carbons (Fsp3) is 0.172. The Morgan fingerprint density at radius 1 is 0.452 bits per heavy atom. The van der Waals surface area contributed by atoms with Crippen molar-refractivity contribution in [3.8, 4) is 22.3 Å². The summed E-state index contributed by atoms with van der Waals surface area (Å²) in [5.74, 6) is 0. The molecule has 2 nitrogen and oxygen atoms in total. The second kappa shape index (κ2) is 9.99. The van der Waals surface area contributed by atoms with Crippen LogP contribution >= 0.6 is 0 Å². The number of benzene rings is 4. The van der Waals surface area contributed by atoms with Crippen LogP contribution in [0, 0.1) is 0 Å². The topological polar surface area (TPSA) is 6.48 Å². The van der Waals surface area contributed by atoms with Gasteiger partial charge in [-0.15, -0.1) is 0 Å². The van der Waals surface area contributed by atoms with E-state index in [-0.39, 0.29) is 0 Å². The molecule has 4 rings (SSSR count). The number of hydrogen-bond donors (Lipinski definition) is 0. The van der Waals surface area contributed by atoms with Crippen LogP contribution in [0.1, 0.15) is 13.8 Å². The van der Waals surface area contributed by atoms with Crippen LogP contribution in [0.25, 0.3) is 22.3 Å². The smallest absolute Gasteiger partial charge is 0.0902 e. The van der Waals surface area contributed by atoms with E-state index in [4.69, 9.17) is 0 Å². The third-order valence-corrected chi connectivity index (χ3v) is 5.76. The lowest BCUT2D eigenvalue weighted by molar-refractivity contribution is 0.755. The Morgan fingerprint density at radius 3 is 1.19 bits per heavy atom. The van der Waals surface area contributed by atoms with Crippen LogP contribution in [-0.4, -0.2) is 19.8 Å². The zero-order valence-electron chi connectivity index (χ0n) is 18.4. The molecule has 0 saturated carbocycles. The molecular formula is C29H30N2. The molecule has 0 aliphatic heterocycles.